The number of amides is 2. The van der Waals surface area contributed by atoms with Crippen molar-refractivity contribution in [2.75, 3.05) is 6.54 Å². The second kappa shape index (κ2) is 7.12. The lowest BCUT2D eigenvalue weighted by molar-refractivity contribution is 0.240. The molecule has 0 atom stereocenters. The van der Waals surface area contributed by atoms with Crippen molar-refractivity contribution in [1.29, 1.82) is 0 Å². The first-order valence-electron chi connectivity index (χ1n) is 7.78. The molecule has 3 rings (SSSR count). The Bertz CT molecular complexity index is 842. The van der Waals surface area contributed by atoms with Gasteiger partial charge in [0.1, 0.15) is 11.5 Å². The number of rotatable bonds is 5. The van der Waals surface area contributed by atoms with E-state index in [1.165, 1.54) is 12.1 Å². The summed E-state index contributed by atoms with van der Waals surface area (Å²) in [6.45, 7) is 0.896. The average Bonchev–Trinajstić information content (AvgIpc) is 2.91. The monoisotopic (exact) mass is 326 g/mol. The predicted molar refractivity (Wildman–Crippen MR) is 91.1 cm³/mol. The number of hydrogen-bond donors (Lipinski definition) is 2. The Morgan fingerprint density at radius 1 is 1.21 bits per heavy atom. The molecule has 0 saturated carbocycles. The van der Waals surface area contributed by atoms with Gasteiger partial charge in [0, 0.05) is 37.9 Å². The van der Waals surface area contributed by atoms with Gasteiger partial charge in [-0.15, -0.1) is 0 Å². The molecule has 0 saturated heterocycles. The van der Waals surface area contributed by atoms with Crippen LogP contribution in [0.2, 0.25) is 0 Å². The second-order valence-electron chi connectivity index (χ2n) is 5.63. The third-order valence-corrected chi connectivity index (χ3v) is 3.86. The van der Waals surface area contributed by atoms with Gasteiger partial charge < -0.3 is 15.2 Å². The summed E-state index contributed by atoms with van der Waals surface area (Å²) in [6, 6.07) is 9.77. The number of aromatic nitrogens is 2. The van der Waals surface area contributed by atoms with Crippen LogP contribution in [-0.2, 0) is 20.0 Å². The first-order chi connectivity index (χ1) is 11.6. The van der Waals surface area contributed by atoms with Crippen LogP contribution >= 0.6 is 0 Å². The van der Waals surface area contributed by atoms with Gasteiger partial charge in [-0.25, -0.2) is 14.2 Å². The van der Waals surface area contributed by atoms with Gasteiger partial charge in [0.2, 0.25) is 0 Å². The molecule has 1 aromatic carbocycles. The van der Waals surface area contributed by atoms with Crippen LogP contribution in [0.3, 0.4) is 0 Å². The minimum Gasteiger partial charge on any atom is -0.338 e. The third kappa shape index (κ3) is 3.71. The van der Waals surface area contributed by atoms with E-state index >= 15 is 0 Å². The lowest BCUT2D eigenvalue weighted by atomic mass is 10.1. The second-order valence-corrected chi connectivity index (χ2v) is 5.63. The topological polar surface area (TPSA) is 59.0 Å². The van der Waals surface area contributed by atoms with Crippen LogP contribution in [0.15, 0.2) is 48.8 Å². The molecule has 3 aromatic rings. The van der Waals surface area contributed by atoms with Crippen LogP contribution in [0, 0.1) is 5.82 Å². The minimum absolute atomic E-state index is 0.238. The van der Waals surface area contributed by atoms with Crippen molar-refractivity contribution in [2.24, 2.45) is 7.05 Å². The van der Waals surface area contributed by atoms with Crippen molar-refractivity contribution >= 4 is 17.1 Å². The fourth-order valence-electron chi connectivity index (χ4n) is 2.65. The number of urea groups is 1. The molecule has 0 radical (unpaired) electrons. The number of nitrogens with zero attached hydrogens (tertiary/aromatic N) is 2. The SMILES string of the molecule is Cn1cc(CCNC(=O)NCc2ccc(F)cc2)c2cccnc21. The van der Waals surface area contributed by atoms with Gasteiger partial charge in [-0.3, -0.25) is 0 Å². The first-order valence-corrected chi connectivity index (χ1v) is 7.78. The summed E-state index contributed by atoms with van der Waals surface area (Å²) in [6.07, 6.45) is 4.54. The molecule has 124 valence electrons. The number of benzene rings is 1. The zero-order valence-corrected chi connectivity index (χ0v) is 13.4. The Balaban J connectivity index is 1.48. The van der Waals surface area contributed by atoms with Gasteiger partial charge in [0.25, 0.3) is 0 Å². The number of hydrogen-bond acceptors (Lipinski definition) is 2. The Kier molecular flexibility index (Phi) is 4.74. The lowest BCUT2D eigenvalue weighted by Crippen LogP contribution is -2.36. The largest absolute Gasteiger partial charge is 0.338 e. The maximum Gasteiger partial charge on any atom is 0.315 e. The molecule has 6 heteroatoms. The molecular weight excluding hydrogens is 307 g/mol. The molecule has 24 heavy (non-hydrogen) atoms. The van der Waals surface area contributed by atoms with Gasteiger partial charge >= 0.3 is 6.03 Å². The summed E-state index contributed by atoms with van der Waals surface area (Å²) >= 11 is 0. The number of aryl methyl sites for hydroxylation is 1. The summed E-state index contributed by atoms with van der Waals surface area (Å²) in [7, 11) is 1.96. The van der Waals surface area contributed by atoms with Crippen molar-refractivity contribution in [2.45, 2.75) is 13.0 Å². The highest BCUT2D eigenvalue weighted by Gasteiger charge is 2.07. The zero-order chi connectivity index (χ0) is 16.9. The van der Waals surface area contributed by atoms with E-state index in [1.54, 1.807) is 18.3 Å². The first kappa shape index (κ1) is 16.0. The normalized spacial score (nSPS) is 10.8. The van der Waals surface area contributed by atoms with Crippen LogP contribution in [-0.4, -0.2) is 22.1 Å². The number of halogens is 1. The fraction of sp³-hybridized carbons (Fsp3) is 0.222. The Hall–Kier alpha value is -2.89. The summed E-state index contributed by atoms with van der Waals surface area (Å²) in [5.74, 6) is -0.284. The van der Waals surface area contributed by atoms with Crippen LogP contribution in [0.25, 0.3) is 11.0 Å². The molecule has 5 nitrogen and oxygen atoms in total. The number of fused-ring (bicyclic) bond motifs is 1. The summed E-state index contributed by atoms with van der Waals surface area (Å²) in [5.41, 5.74) is 2.94. The lowest BCUT2D eigenvalue weighted by Gasteiger charge is -2.07. The zero-order valence-electron chi connectivity index (χ0n) is 13.4. The van der Waals surface area contributed by atoms with Crippen LogP contribution < -0.4 is 10.6 Å². The maximum absolute atomic E-state index is 12.8. The van der Waals surface area contributed by atoms with E-state index in [2.05, 4.69) is 15.6 Å². The smallest absolute Gasteiger partial charge is 0.315 e. The molecule has 0 bridgehead atoms. The van der Waals surface area contributed by atoms with E-state index in [-0.39, 0.29) is 11.8 Å². The van der Waals surface area contributed by atoms with Crippen LogP contribution in [0.4, 0.5) is 9.18 Å². The van der Waals surface area contributed by atoms with E-state index in [1.807, 2.05) is 29.9 Å². The van der Waals surface area contributed by atoms with E-state index < -0.39 is 0 Å². The quantitative estimate of drug-likeness (QED) is 0.757. The summed E-state index contributed by atoms with van der Waals surface area (Å²) in [4.78, 5) is 16.2. The molecule has 2 heterocycles. The predicted octanol–water partition coefficient (Wildman–Crippen LogP) is 2.75. The van der Waals surface area contributed by atoms with E-state index in [0.29, 0.717) is 13.1 Å². The van der Waals surface area contributed by atoms with Crippen molar-refractivity contribution in [1.82, 2.24) is 20.2 Å². The van der Waals surface area contributed by atoms with Crippen molar-refractivity contribution in [3.63, 3.8) is 0 Å². The molecule has 0 aliphatic carbocycles. The number of nitrogens with one attached hydrogen (secondary N) is 2. The highest BCUT2D eigenvalue weighted by molar-refractivity contribution is 5.80. The summed E-state index contributed by atoms with van der Waals surface area (Å²) in [5, 5.41) is 6.70. The van der Waals surface area contributed by atoms with Crippen molar-refractivity contribution in [3.05, 3.63) is 65.7 Å². The highest BCUT2D eigenvalue weighted by Crippen LogP contribution is 2.18. The summed E-state index contributed by atoms with van der Waals surface area (Å²) < 4.78 is 14.8. The van der Waals surface area contributed by atoms with E-state index in [9.17, 15) is 9.18 Å². The average molecular weight is 326 g/mol. The minimum atomic E-state index is -0.284. The molecule has 0 aliphatic rings. The van der Waals surface area contributed by atoms with Crippen LogP contribution in [0.5, 0.6) is 0 Å². The molecule has 0 aliphatic heterocycles. The van der Waals surface area contributed by atoms with Crippen LogP contribution in [0.1, 0.15) is 11.1 Å². The van der Waals surface area contributed by atoms with E-state index in [0.717, 1.165) is 28.6 Å². The maximum atomic E-state index is 12.8. The van der Waals surface area contributed by atoms with Crippen molar-refractivity contribution < 1.29 is 9.18 Å². The number of carbonyl (C=O) groups excluding carboxylic acids is 1. The molecule has 2 N–H and O–H groups in total. The van der Waals surface area contributed by atoms with E-state index in [4.69, 9.17) is 0 Å². The Labute approximate surface area is 139 Å². The molecular formula is C18H19FN4O. The number of pyridine rings is 1. The van der Waals surface area contributed by atoms with Gasteiger partial charge in [0.05, 0.1) is 0 Å². The molecule has 2 aromatic heterocycles. The third-order valence-electron chi connectivity index (χ3n) is 3.86. The van der Waals surface area contributed by atoms with Gasteiger partial charge in [-0.2, -0.15) is 0 Å². The molecule has 0 spiro atoms. The van der Waals surface area contributed by atoms with Crippen molar-refractivity contribution in [3.8, 4) is 0 Å². The standard InChI is InChI=1S/C18H19FN4O/c1-23-12-14(16-3-2-9-20-17(16)23)8-10-21-18(24)22-11-13-4-6-15(19)7-5-13/h2-7,9,12H,8,10-11H2,1H3,(H2,21,22,24). The Morgan fingerprint density at radius 2 is 2.00 bits per heavy atom. The fourth-order valence-corrected chi connectivity index (χ4v) is 2.65. The molecule has 2 amide bonds. The molecule has 0 unspecified atom stereocenters. The Morgan fingerprint density at radius 3 is 2.79 bits per heavy atom. The van der Waals surface area contributed by atoms with Gasteiger partial charge in [-0.05, 0) is 41.8 Å². The van der Waals surface area contributed by atoms with Gasteiger partial charge in [0.15, 0.2) is 0 Å². The highest BCUT2D eigenvalue weighted by atomic mass is 19.1. The number of carbonyl (C=O) groups is 1. The van der Waals surface area contributed by atoms with Gasteiger partial charge in [-0.1, -0.05) is 12.1 Å². The molecule has 0 fully saturated rings.